The monoisotopic (exact) mass is 241 g/mol. The van der Waals surface area contributed by atoms with Crippen molar-refractivity contribution in [2.24, 2.45) is 0 Å². The van der Waals surface area contributed by atoms with E-state index in [1.165, 1.54) is 0 Å². The molecule has 0 saturated heterocycles. The van der Waals surface area contributed by atoms with Crippen LogP contribution in [-0.4, -0.2) is 19.6 Å². The Labute approximate surface area is 101 Å². The van der Waals surface area contributed by atoms with Gasteiger partial charge in [0.1, 0.15) is 11.1 Å². The van der Waals surface area contributed by atoms with Crippen LogP contribution in [0.3, 0.4) is 0 Å². The van der Waals surface area contributed by atoms with Gasteiger partial charge in [0.15, 0.2) is 0 Å². The van der Waals surface area contributed by atoms with E-state index in [0.717, 1.165) is 12.0 Å². The highest BCUT2D eigenvalue weighted by molar-refractivity contribution is 6.30. The summed E-state index contributed by atoms with van der Waals surface area (Å²) in [6, 6.07) is 7.21. The Balaban J connectivity index is 2.71. The molecule has 0 radical (unpaired) electrons. The molecular weight excluding hydrogens is 226 g/mol. The van der Waals surface area contributed by atoms with Gasteiger partial charge in [-0.05, 0) is 24.1 Å². The van der Waals surface area contributed by atoms with E-state index in [-0.39, 0.29) is 5.91 Å². The van der Waals surface area contributed by atoms with E-state index in [4.69, 9.17) is 16.3 Å². The summed E-state index contributed by atoms with van der Waals surface area (Å²) in [5.41, 5.74) is 0.745. The van der Waals surface area contributed by atoms with Gasteiger partial charge in [0.25, 0.3) is 0 Å². The van der Waals surface area contributed by atoms with Crippen LogP contribution >= 0.6 is 11.6 Å². The molecule has 1 aromatic rings. The Bertz CT molecular complexity index is 355. The average Bonchev–Trinajstić information content (AvgIpc) is 2.35. The van der Waals surface area contributed by atoms with E-state index < -0.39 is 5.38 Å². The summed E-state index contributed by atoms with van der Waals surface area (Å²) in [5.74, 6) is 0.531. The van der Waals surface area contributed by atoms with E-state index in [0.29, 0.717) is 12.3 Å². The van der Waals surface area contributed by atoms with Crippen molar-refractivity contribution in [3.63, 3.8) is 0 Å². The number of alkyl halides is 1. The zero-order chi connectivity index (χ0) is 12.0. The largest absolute Gasteiger partial charge is 0.497 e. The Hall–Kier alpha value is -1.22. The number of amides is 1. The van der Waals surface area contributed by atoms with Gasteiger partial charge >= 0.3 is 0 Å². The molecule has 0 bridgehead atoms. The summed E-state index contributed by atoms with van der Waals surface area (Å²) < 4.78 is 5.08. The van der Waals surface area contributed by atoms with Crippen LogP contribution in [0.5, 0.6) is 5.75 Å². The van der Waals surface area contributed by atoms with Gasteiger partial charge in [-0.15, -0.1) is 11.6 Å². The fourth-order valence-corrected chi connectivity index (χ4v) is 1.50. The quantitative estimate of drug-likeness (QED) is 0.805. The first-order valence-electron chi connectivity index (χ1n) is 5.24. The molecule has 1 atom stereocenters. The molecule has 0 heterocycles. The molecule has 0 aliphatic rings. The van der Waals surface area contributed by atoms with Gasteiger partial charge in [0, 0.05) is 6.54 Å². The molecule has 0 aliphatic heterocycles. The predicted molar refractivity (Wildman–Crippen MR) is 64.9 cm³/mol. The molecule has 3 nitrogen and oxygen atoms in total. The first-order chi connectivity index (χ1) is 7.69. The lowest BCUT2D eigenvalue weighted by molar-refractivity contribution is -0.120. The molecule has 1 amide bonds. The molecule has 4 heteroatoms. The second-order valence-corrected chi connectivity index (χ2v) is 3.87. The molecular formula is C12H16ClNO2. The molecule has 88 valence electrons. The normalized spacial score (nSPS) is 11.9. The maximum absolute atomic E-state index is 11.6. The molecule has 0 aliphatic carbocycles. The van der Waals surface area contributed by atoms with Crippen molar-refractivity contribution in [2.45, 2.75) is 18.7 Å². The van der Waals surface area contributed by atoms with E-state index in [2.05, 4.69) is 5.32 Å². The standard InChI is InChI=1S/C12H16ClNO2/c1-3-7-14-12(15)11(13)9-5-4-6-10(8-9)16-2/h4-6,8,11H,3,7H2,1-2H3,(H,14,15). The summed E-state index contributed by atoms with van der Waals surface area (Å²) in [6.45, 7) is 2.64. The summed E-state index contributed by atoms with van der Waals surface area (Å²) in [6.07, 6.45) is 0.896. The van der Waals surface area contributed by atoms with E-state index in [1.807, 2.05) is 25.1 Å². The third-order valence-corrected chi connectivity index (χ3v) is 2.62. The molecule has 1 aromatic carbocycles. The average molecular weight is 242 g/mol. The number of nitrogens with one attached hydrogen (secondary N) is 1. The molecule has 16 heavy (non-hydrogen) atoms. The molecule has 0 spiro atoms. The summed E-state index contributed by atoms with van der Waals surface area (Å²) in [7, 11) is 1.58. The minimum atomic E-state index is -0.665. The van der Waals surface area contributed by atoms with Crippen molar-refractivity contribution in [3.8, 4) is 5.75 Å². The van der Waals surface area contributed by atoms with Gasteiger partial charge in [0.2, 0.25) is 5.91 Å². The SMILES string of the molecule is CCCNC(=O)C(Cl)c1cccc(OC)c1. The third kappa shape index (κ3) is 3.42. The molecule has 0 aromatic heterocycles. The van der Waals surface area contributed by atoms with Crippen molar-refractivity contribution in [2.75, 3.05) is 13.7 Å². The molecule has 0 fully saturated rings. The van der Waals surface area contributed by atoms with Gasteiger partial charge < -0.3 is 10.1 Å². The highest BCUT2D eigenvalue weighted by Crippen LogP contribution is 2.24. The predicted octanol–water partition coefficient (Wildman–Crippen LogP) is 2.50. The smallest absolute Gasteiger partial charge is 0.242 e. The van der Waals surface area contributed by atoms with Crippen LogP contribution in [0.4, 0.5) is 0 Å². The fourth-order valence-electron chi connectivity index (χ4n) is 1.29. The number of halogens is 1. The van der Waals surface area contributed by atoms with Gasteiger partial charge in [-0.25, -0.2) is 0 Å². The van der Waals surface area contributed by atoms with E-state index >= 15 is 0 Å². The summed E-state index contributed by atoms with van der Waals surface area (Å²) >= 11 is 6.05. The van der Waals surface area contributed by atoms with E-state index in [1.54, 1.807) is 13.2 Å². The van der Waals surface area contributed by atoms with Crippen LogP contribution in [0, 0.1) is 0 Å². The molecule has 1 unspecified atom stereocenters. The number of carbonyl (C=O) groups excluding carboxylic acids is 1. The second kappa shape index (κ2) is 6.38. The van der Waals surface area contributed by atoms with Crippen LogP contribution < -0.4 is 10.1 Å². The topological polar surface area (TPSA) is 38.3 Å². The number of methoxy groups -OCH3 is 1. The van der Waals surface area contributed by atoms with Crippen LogP contribution in [0.15, 0.2) is 24.3 Å². The number of ether oxygens (including phenoxy) is 1. The lowest BCUT2D eigenvalue weighted by Gasteiger charge is -2.11. The number of carbonyl (C=O) groups is 1. The van der Waals surface area contributed by atoms with Gasteiger partial charge in [-0.2, -0.15) is 0 Å². The number of benzene rings is 1. The Morgan fingerprint density at radius 1 is 1.56 bits per heavy atom. The summed E-state index contributed by atoms with van der Waals surface area (Å²) in [4.78, 5) is 11.6. The molecule has 1 N–H and O–H groups in total. The van der Waals surface area contributed by atoms with Gasteiger partial charge in [-0.3, -0.25) is 4.79 Å². The molecule has 1 rings (SSSR count). The van der Waals surface area contributed by atoms with Crippen LogP contribution in [-0.2, 0) is 4.79 Å². The Morgan fingerprint density at radius 2 is 2.31 bits per heavy atom. The van der Waals surface area contributed by atoms with Crippen LogP contribution in [0.2, 0.25) is 0 Å². The Morgan fingerprint density at radius 3 is 2.94 bits per heavy atom. The third-order valence-electron chi connectivity index (χ3n) is 2.17. The van der Waals surface area contributed by atoms with Crippen LogP contribution in [0.1, 0.15) is 24.3 Å². The van der Waals surface area contributed by atoms with Crippen LogP contribution in [0.25, 0.3) is 0 Å². The highest BCUT2D eigenvalue weighted by Gasteiger charge is 2.17. The maximum atomic E-state index is 11.6. The number of rotatable bonds is 5. The van der Waals surface area contributed by atoms with Gasteiger partial charge in [0.05, 0.1) is 7.11 Å². The van der Waals surface area contributed by atoms with Crippen molar-refractivity contribution in [3.05, 3.63) is 29.8 Å². The van der Waals surface area contributed by atoms with E-state index in [9.17, 15) is 4.79 Å². The zero-order valence-corrected chi connectivity index (χ0v) is 10.3. The maximum Gasteiger partial charge on any atom is 0.242 e. The lowest BCUT2D eigenvalue weighted by Crippen LogP contribution is -2.27. The number of hydrogen-bond acceptors (Lipinski definition) is 2. The van der Waals surface area contributed by atoms with Crippen molar-refractivity contribution < 1.29 is 9.53 Å². The zero-order valence-electron chi connectivity index (χ0n) is 9.50. The van der Waals surface area contributed by atoms with Crippen molar-refractivity contribution >= 4 is 17.5 Å². The van der Waals surface area contributed by atoms with Crippen molar-refractivity contribution in [1.29, 1.82) is 0 Å². The fraction of sp³-hybridized carbons (Fsp3) is 0.417. The number of hydrogen-bond donors (Lipinski definition) is 1. The first kappa shape index (κ1) is 12.8. The minimum absolute atomic E-state index is 0.170. The van der Waals surface area contributed by atoms with Gasteiger partial charge in [-0.1, -0.05) is 19.1 Å². The summed E-state index contributed by atoms with van der Waals surface area (Å²) in [5, 5.41) is 2.09. The second-order valence-electron chi connectivity index (χ2n) is 3.43. The minimum Gasteiger partial charge on any atom is -0.497 e. The van der Waals surface area contributed by atoms with Crippen molar-refractivity contribution in [1.82, 2.24) is 5.32 Å². The Kier molecular flexibility index (Phi) is 5.12. The lowest BCUT2D eigenvalue weighted by atomic mass is 10.1. The molecule has 0 saturated carbocycles. The first-order valence-corrected chi connectivity index (χ1v) is 5.68. The highest BCUT2D eigenvalue weighted by atomic mass is 35.5.